The summed E-state index contributed by atoms with van der Waals surface area (Å²) in [5.41, 5.74) is 1.56. The number of rotatable bonds is 3. The molecular weight excluding hydrogens is 276 g/mol. The first-order valence-corrected chi connectivity index (χ1v) is 6.89. The van der Waals surface area contributed by atoms with Gasteiger partial charge in [0.1, 0.15) is 6.04 Å². The number of carbonyl (C=O) groups excluding carboxylic acids is 1. The first-order valence-electron chi connectivity index (χ1n) is 6.51. The summed E-state index contributed by atoms with van der Waals surface area (Å²) in [6.45, 7) is 4.16. The van der Waals surface area contributed by atoms with Gasteiger partial charge < -0.3 is 10.6 Å². The number of nitrogens with one attached hydrogen (secondary N) is 2. The summed E-state index contributed by atoms with van der Waals surface area (Å²) in [5.74, 6) is -0.127. The SMILES string of the molecule is Cc1c(Cl)cccc1NC(=O)CN1CCNCC1C#N. The van der Waals surface area contributed by atoms with Crippen molar-refractivity contribution in [3.05, 3.63) is 28.8 Å². The number of anilines is 1. The average molecular weight is 293 g/mol. The van der Waals surface area contributed by atoms with E-state index in [1.165, 1.54) is 0 Å². The number of nitriles is 1. The van der Waals surface area contributed by atoms with Gasteiger partial charge in [0.15, 0.2) is 0 Å². The molecule has 106 valence electrons. The van der Waals surface area contributed by atoms with Crippen molar-refractivity contribution in [2.75, 3.05) is 31.5 Å². The topological polar surface area (TPSA) is 68.2 Å². The molecule has 2 rings (SSSR count). The van der Waals surface area contributed by atoms with Gasteiger partial charge in [0.2, 0.25) is 5.91 Å². The van der Waals surface area contributed by atoms with Gasteiger partial charge in [0.05, 0.1) is 12.6 Å². The Morgan fingerprint density at radius 2 is 2.45 bits per heavy atom. The lowest BCUT2D eigenvalue weighted by atomic mass is 10.2. The van der Waals surface area contributed by atoms with Crippen molar-refractivity contribution in [1.82, 2.24) is 10.2 Å². The number of halogens is 1. The molecule has 0 bridgehead atoms. The monoisotopic (exact) mass is 292 g/mol. The number of piperazine rings is 1. The molecule has 5 nitrogen and oxygen atoms in total. The molecule has 0 saturated carbocycles. The molecule has 6 heteroatoms. The Hall–Kier alpha value is -1.61. The number of hydrogen-bond donors (Lipinski definition) is 2. The van der Waals surface area contributed by atoms with E-state index in [4.69, 9.17) is 16.9 Å². The third-order valence-corrected chi connectivity index (χ3v) is 3.80. The van der Waals surface area contributed by atoms with Crippen LogP contribution < -0.4 is 10.6 Å². The highest BCUT2D eigenvalue weighted by Crippen LogP contribution is 2.22. The van der Waals surface area contributed by atoms with Crippen LogP contribution in [0, 0.1) is 18.3 Å². The summed E-state index contributed by atoms with van der Waals surface area (Å²) in [4.78, 5) is 14.0. The predicted octanol–water partition coefficient (Wildman–Crippen LogP) is 1.38. The van der Waals surface area contributed by atoms with Crippen LogP contribution in [0.25, 0.3) is 0 Å². The van der Waals surface area contributed by atoms with Crippen LogP contribution in [0.3, 0.4) is 0 Å². The number of benzene rings is 1. The molecule has 1 aliphatic heterocycles. The van der Waals surface area contributed by atoms with Crippen LogP contribution in [-0.4, -0.2) is 43.0 Å². The molecule has 2 N–H and O–H groups in total. The van der Waals surface area contributed by atoms with E-state index >= 15 is 0 Å². The fraction of sp³-hybridized carbons (Fsp3) is 0.429. The minimum atomic E-state index is -0.255. The zero-order chi connectivity index (χ0) is 14.5. The van der Waals surface area contributed by atoms with Gasteiger partial charge in [-0.2, -0.15) is 5.26 Å². The molecule has 20 heavy (non-hydrogen) atoms. The lowest BCUT2D eigenvalue weighted by Crippen LogP contribution is -2.52. The van der Waals surface area contributed by atoms with Crippen molar-refractivity contribution < 1.29 is 4.79 Å². The molecular formula is C14H17ClN4O. The normalized spacial score (nSPS) is 19.4. The predicted molar refractivity (Wildman–Crippen MR) is 78.7 cm³/mol. The maximum atomic E-state index is 12.1. The number of nitrogens with zero attached hydrogens (tertiary/aromatic N) is 2. The summed E-state index contributed by atoms with van der Waals surface area (Å²) < 4.78 is 0. The van der Waals surface area contributed by atoms with Gasteiger partial charge in [-0.15, -0.1) is 0 Å². The Kier molecular flexibility index (Phi) is 4.96. The van der Waals surface area contributed by atoms with Gasteiger partial charge in [-0.05, 0) is 24.6 Å². The zero-order valence-electron chi connectivity index (χ0n) is 11.3. The average Bonchev–Trinajstić information content (AvgIpc) is 2.44. The standard InChI is InChI=1S/C14H17ClN4O/c1-10-12(15)3-2-4-13(10)18-14(20)9-19-6-5-17-8-11(19)7-16/h2-4,11,17H,5-6,8-9H2,1H3,(H,18,20). The molecule has 0 spiro atoms. The van der Waals surface area contributed by atoms with E-state index in [1.807, 2.05) is 17.9 Å². The van der Waals surface area contributed by atoms with Crippen LogP contribution >= 0.6 is 11.6 Å². The Morgan fingerprint density at radius 1 is 1.65 bits per heavy atom. The van der Waals surface area contributed by atoms with Crippen LogP contribution in [0.1, 0.15) is 5.56 Å². The number of carbonyl (C=O) groups is 1. The largest absolute Gasteiger partial charge is 0.325 e. The van der Waals surface area contributed by atoms with Gasteiger partial charge in [-0.3, -0.25) is 9.69 Å². The van der Waals surface area contributed by atoms with Gasteiger partial charge in [0, 0.05) is 30.3 Å². The van der Waals surface area contributed by atoms with E-state index in [0.717, 1.165) is 12.1 Å². The van der Waals surface area contributed by atoms with Crippen LogP contribution in [0.4, 0.5) is 5.69 Å². The van der Waals surface area contributed by atoms with Crippen molar-refractivity contribution >= 4 is 23.2 Å². The lowest BCUT2D eigenvalue weighted by Gasteiger charge is -2.31. The summed E-state index contributed by atoms with van der Waals surface area (Å²) in [6.07, 6.45) is 0. The van der Waals surface area contributed by atoms with E-state index in [1.54, 1.807) is 12.1 Å². The molecule has 1 saturated heterocycles. The van der Waals surface area contributed by atoms with Gasteiger partial charge in [-0.25, -0.2) is 0 Å². The van der Waals surface area contributed by atoms with E-state index in [-0.39, 0.29) is 18.5 Å². The zero-order valence-corrected chi connectivity index (χ0v) is 12.1. The third-order valence-electron chi connectivity index (χ3n) is 3.39. The fourth-order valence-corrected chi connectivity index (χ4v) is 2.35. The first-order chi connectivity index (χ1) is 9.61. The van der Waals surface area contributed by atoms with E-state index in [9.17, 15) is 4.79 Å². The molecule has 1 heterocycles. The lowest BCUT2D eigenvalue weighted by molar-refractivity contribution is -0.117. The van der Waals surface area contributed by atoms with E-state index in [0.29, 0.717) is 23.8 Å². The minimum Gasteiger partial charge on any atom is -0.325 e. The summed E-state index contributed by atoms with van der Waals surface area (Å²) in [6, 6.07) is 7.36. The van der Waals surface area contributed by atoms with E-state index in [2.05, 4.69) is 16.7 Å². The van der Waals surface area contributed by atoms with Crippen LogP contribution in [0.2, 0.25) is 5.02 Å². The molecule has 0 aliphatic carbocycles. The number of hydrogen-bond acceptors (Lipinski definition) is 4. The number of amides is 1. The quantitative estimate of drug-likeness (QED) is 0.883. The fourth-order valence-electron chi connectivity index (χ4n) is 2.18. The van der Waals surface area contributed by atoms with Crippen molar-refractivity contribution in [3.63, 3.8) is 0 Å². The Balaban J connectivity index is 1.98. The van der Waals surface area contributed by atoms with Gasteiger partial charge >= 0.3 is 0 Å². The molecule has 1 amide bonds. The first kappa shape index (κ1) is 14.8. The highest BCUT2D eigenvalue weighted by Gasteiger charge is 2.23. The van der Waals surface area contributed by atoms with Crippen molar-refractivity contribution in [3.8, 4) is 6.07 Å². The summed E-state index contributed by atoms with van der Waals surface area (Å²) >= 11 is 6.02. The van der Waals surface area contributed by atoms with Gasteiger partial charge in [-0.1, -0.05) is 17.7 Å². The smallest absolute Gasteiger partial charge is 0.238 e. The van der Waals surface area contributed by atoms with Crippen LogP contribution in [0.15, 0.2) is 18.2 Å². The molecule has 1 unspecified atom stereocenters. The summed E-state index contributed by atoms with van der Waals surface area (Å²) in [5, 5.41) is 15.7. The molecule has 1 fully saturated rings. The van der Waals surface area contributed by atoms with Crippen molar-refractivity contribution in [1.29, 1.82) is 5.26 Å². The molecule has 0 aromatic heterocycles. The maximum Gasteiger partial charge on any atom is 0.238 e. The maximum absolute atomic E-state index is 12.1. The summed E-state index contributed by atoms with van der Waals surface area (Å²) in [7, 11) is 0. The van der Waals surface area contributed by atoms with Crippen LogP contribution in [0.5, 0.6) is 0 Å². The van der Waals surface area contributed by atoms with Gasteiger partial charge in [0.25, 0.3) is 0 Å². The third kappa shape index (κ3) is 3.48. The Bertz CT molecular complexity index is 540. The minimum absolute atomic E-state index is 0.127. The molecule has 1 aliphatic rings. The second-order valence-electron chi connectivity index (χ2n) is 4.78. The molecule has 1 atom stereocenters. The second kappa shape index (κ2) is 6.71. The molecule has 1 aromatic carbocycles. The highest BCUT2D eigenvalue weighted by molar-refractivity contribution is 6.31. The highest BCUT2D eigenvalue weighted by atomic mass is 35.5. The molecule has 1 aromatic rings. The Labute approximate surface area is 123 Å². The van der Waals surface area contributed by atoms with E-state index < -0.39 is 0 Å². The Morgan fingerprint density at radius 3 is 3.20 bits per heavy atom. The second-order valence-corrected chi connectivity index (χ2v) is 5.19. The van der Waals surface area contributed by atoms with Crippen LogP contribution in [-0.2, 0) is 4.79 Å². The van der Waals surface area contributed by atoms with Crippen molar-refractivity contribution in [2.24, 2.45) is 0 Å². The van der Waals surface area contributed by atoms with Crippen molar-refractivity contribution in [2.45, 2.75) is 13.0 Å². The molecule has 0 radical (unpaired) electrons.